The van der Waals surface area contributed by atoms with E-state index < -0.39 is 23.7 Å². The zero-order chi connectivity index (χ0) is 20.1. The molecule has 0 aliphatic heterocycles. The lowest BCUT2D eigenvalue weighted by Crippen LogP contribution is -2.47. The van der Waals surface area contributed by atoms with Gasteiger partial charge in [0, 0.05) is 10.9 Å². The van der Waals surface area contributed by atoms with Gasteiger partial charge in [-0.25, -0.2) is 9.37 Å². The largest absolute Gasteiger partial charge is 0.340 e. The monoisotopic (exact) mass is 397 g/mol. The van der Waals surface area contributed by atoms with Crippen LogP contribution in [0.3, 0.4) is 0 Å². The first-order valence-electron chi connectivity index (χ1n) is 8.83. The summed E-state index contributed by atoms with van der Waals surface area (Å²) in [6, 6.07) is 14.5. The Balaban J connectivity index is 1.71. The lowest BCUT2D eigenvalue weighted by Gasteiger charge is -2.21. The molecule has 7 heteroatoms. The van der Waals surface area contributed by atoms with E-state index in [4.69, 9.17) is 0 Å². The normalized spacial score (nSPS) is 11.9. The van der Waals surface area contributed by atoms with Gasteiger partial charge in [-0.3, -0.25) is 9.59 Å². The number of aromatic nitrogens is 1. The van der Waals surface area contributed by atoms with Crippen molar-refractivity contribution in [2.45, 2.75) is 19.9 Å². The molecule has 0 unspecified atom stereocenters. The second-order valence-electron chi connectivity index (χ2n) is 6.57. The highest BCUT2D eigenvalue weighted by molar-refractivity contribution is 7.14. The Morgan fingerprint density at radius 3 is 2.39 bits per heavy atom. The minimum absolute atomic E-state index is 0.0958. The summed E-state index contributed by atoms with van der Waals surface area (Å²) < 4.78 is 13.8. The minimum Gasteiger partial charge on any atom is -0.340 e. The number of carbonyl (C=O) groups excluding carboxylic acids is 2. The van der Waals surface area contributed by atoms with Crippen molar-refractivity contribution in [3.8, 4) is 11.3 Å². The number of thiazole rings is 1. The Hall–Kier alpha value is -3.06. The first-order valence-corrected chi connectivity index (χ1v) is 9.71. The average molecular weight is 397 g/mol. The smallest absolute Gasteiger partial charge is 0.254 e. The van der Waals surface area contributed by atoms with Gasteiger partial charge in [-0.1, -0.05) is 56.3 Å². The fourth-order valence-electron chi connectivity index (χ4n) is 2.66. The molecule has 0 aliphatic carbocycles. The van der Waals surface area contributed by atoms with E-state index in [1.165, 1.54) is 29.5 Å². The van der Waals surface area contributed by atoms with Gasteiger partial charge < -0.3 is 10.6 Å². The van der Waals surface area contributed by atoms with Gasteiger partial charge in [0.05, 0.1) is 11.3 Å². The number of nitrogens with zero attached hydrogens (tertiary/aromatic N) is 1. The average Bonchev–Trinajstić information content (AvgIpc) is 3.15. The summed E-state index contributed by atoms with van der Waals surface area (Å²) in [6.07, 6.45) is 0. The number of nitrogens with one attached hydrogen (secondary N) is 2. The molecule has 2 N–H and O–H groups in total. The number of halogens is 1. The molecule has 1 atom stereocenters. The van der Waals surface area contributed by atoms with E-state index in [-0.39, 0.29) is 11.5 Å². The Labute approximate surface area is 166 Å². The van der Waals surface area contributed by atoms with E-state index in [1.54, 1.807) is 6.07 Å². The Kier molecular flexibility index (Phi) is 6.16. The fraction of sp³-hybridized carbons (Fsp3) is 0.190. The molecular formula is C21H20FN3O2S. The van der Waals surface area contributed by atoms with Crippen molar-refractivity contribution >= 4 is 28.3 Å². The maximum absolute atomic E-state index is 13.8. The quantitative estimate of drug-likeness (QED) is 0.650. The van der Waals surface area contributed by atoms with Crippen LogP contribution in [-0.4, -0.2) is 22.8 Å². The number of anilines is 1. The number of benzene rings is 2. The van der Waals surface area contributed by atoms with Crippen molar-refractivity contribution in [3.05, 3.63) is 71.4 Å². The molecule has 0 bridgehead atoms. The van der Waals surface area contributed by atoms with Crippen LogP contribution in [0.1, 0.15) is 24.2 Å². The predicted molar refractivity (Wildman–Crippen MR) is 109 cm³/mol. The highest BCUT2D eigenvalue weighted by Gasteiger charge is 2.26. The van der Waals surface area contributed by atoms with Crippen LogP contribution in [0.5, 0.6) is 0 Å². The third-order valence-electron chi connectivity index (χ3n) is 4.16. The van der Waals surface area contributed by atoms with Crippen LogP contribution in [0.2, 0.25) is 0 Å². The van der Waals surface area contributed by atoms with Crippen LogP contribution >= 0.6 is 11.3 Å². The molecule has 3 aromatic rings. The van der Waals surface area contributed by atoms with Gasteiger partial charge >= 0.3 is 0 Å². The molecule has 144 valence electrons. The SMILES string of the molecule is CC(C)[C@H](NC(=O)c1ccccc1F)C(=O)Nc1nc(-c2ccccc2)cs1. The summed E-state index contributed by atoms with van der Waals surface area (Å²) in [7, 11) is 0. The van der Waals surface area contributed by atoms with Gasteiger partial charge in [0.15, 0.2) is 5.13 Å². The van der Waals surface area contributed by atoms with Gasteiger partial charge in [-0.05, 0) is 18.1 Å². The minimum atomic E-state index is -0.823. The maximum Gasteiger partial charge on any atom is 0.254 e. The van der Waals surface area contributed by atoms with Crippen molar-refractivity contribution in [1.82, 2.24) is 10.3 Å². The van der Waals surface area contributed by atoms with Gasteiger partial charge in [0.1, 0.15) is 11.9 Å². The lowest BCUT2D eigenvalue weighted by molar-refractivity contribution is -0.118. The zero-order valence-electron chi connectivity index (χ0n) is 15.5. The van der Waals surface area contributed by atoms with E-state index in [0.29, 0.717) is 5.13 Å². The van der Waals surface area contributed by atoms with Crippen molar-refractivity contribution in [2.24, 2.45) is 5.92 Å². The summed E-state index contributed by atoms with van der Waals surface area (Å²) in [4.78, 5) is 29.5. The number of amides is 2. The summed E-state index contributed by atoms with van der Waals surface area (Å²) in [5, 5.41) is 7.66. The number of rotatable bonds is 6. The molecule has 28 heavy (non-hydrogen) atoms. The van der Waals surface area contributed by atoms with Crippen molar-refractivity contribution < 1.29 is 14.0 Å². The van der Waals surface area contributed by atoms with E-state index in [1.807, 2.05) is 49.6 Å². The fourth-order valence-corrected chi connectivity index (χ4v) is 3.38. The number of hydrogen-bond acceptors (Lipinski definition) is 4. The van der Waals surface area contributed by atoms with Gasteiger partial charge in [-0.15, -0.1) is 11.3 Å². The van der Waals surface area contributed by atoms with E-state index in [9.17, 15) is 14.0 Å². The van der Waals surface area contributed by atoms with Crippen molar-refractivity contribution in [2.75, 3.05) is 5.32 Å². The van der Waals surface area contributed by atoms with Gasteiger partial charge in [0.25, 0.3) is 5.91 Å². The van der Waals surface area contributed by atoms with Crippen LogP contribution in [0.15, 0.2) is 60.0 Å². The number of carbonyl (C=O) groups is 2. The molecule has 0 spiro atoms. The number of hydrogen-bond donors (Lipinski definition) is 2. The van der Waals surface area contributed by atoms with E-state index in [2.05, 4.69) is 15.6 Å². The molecule has 3 rings (SSSR count). The molecule has 2 amide bonds. The van der Waals surface area contributed by atoms with Crippen LogP contribution in [0.4, 0.5) is 9.52 Å². The highest BCUT2D eigenvalue weighted by atomic mass is 32.1. The lowest BCUT2D eigenvalue weighted by atomic mass is 10.0. The molecule has 0 radical (unpaired) electrons. The first-order chi connectivity index (χ1) is 13.5. The predicted octanol–water partition coefficient (Wildman–Crippen LogP) is 4.34. The van der Waals surface area contributed by atoms with Crippen molar-refractivity contribution in [3.63, 3.8) is 0 Å². The molecule has 5 nitrogen and oxygen atoms in total. The van der Waals surface area contributed by atoms with Crippen LogP contribution in [0.25, 0.3) is 11.3 Å². The van der Waals surface area contributed by atoms with Crippen molar-refractivity contribution in [1.29, 1.82) is 0 Å². The van der Waals surface area contributed by atoms with Crippen LogP contribution in [0, 0.1) is 11.7 Å². The first kappa shape index (κ1) is 19.7. The molecule has 0 aliphatic rings. The molecular weight excluding hydrogens is 377 g/mol. The second-order valence-corrected chi connectivity index (χ2v) is 7.43. The summed E-state index contributed by atoms with van der Waals surface area (Å²) >= 11 is 1.30. The summed E-state index contributed by atoms with van der Waals surface area (Å²) in [6.45, 7) is 3.62. The zero-order valence-corrected chi connectivity index (χ0v) is 16.3. The molecule has 0 saturated heterocycles. The summed E-state index contributed by atoms with van der Waals surface area (Å²) in [5.74, 6) is -1.84. The molecule has 1 heterocycles. The Bertz CT molecular complexity index is 973. The molecule has 0 fully saturated rings. The van der Waals surface area contributed by atoms with E-state index in [0.717, 1.165) is 11.3 Å². The Morgan fingerprint density at radius 2 is 1.71 bits per heavy atom. The molecule has 0 saturated carbocycles. The third-order valence-corrected chi connectivity index (χ3v) is 4.92. The second kappa shape index (κ2) is 8.75. The molecule has 1 aromatic heterocycles. The summed E-state index contributed by atoms with van der Waals surface area (Å²) in [5.41, 5.74) is 1.62. The topological polar surface area (TPSA) is 71.1 Å². The standard InChI is InChI=1S/C21H20FN3O2S/c1-13(2)18(24-19(26)15-10-6-7-11-16(15)22)20(27)25-21-23-17(12-28-21)14-8-4-3-5-9-14/h3-13,18H,1-2H3,(H,24,26)(H,23,25,27)/t18-/m0/s1. The van der Waals surface area contributed by atoms with Crippen LogP contribution in [-0.2, 0) is 4.79 Å². The highest BCUT2D eigenvalue weighted by Crippen LogP contribution is 2.25. The van der Waals surface area contributed by atoms with E-state index >= 15 is 0 Å². The maximum atomic E-state index is 13.8. The van der Waals surface area contributed by atoms with Gasteiger partial charge in [0.2, 0.25) is 5.91 Å². The molecule has 2 aromatic carbocycles. The van der Waals surface area contributed by atoms with Gasteiger partial charge in [-0.2, -0.15) is 0 Å². The Morgan fingerprint density at radius 1 is 1.04 bits per heavy atom. The van der Waals surface area contributed by atoms with Crippen LogP contribution < -0.4 is 10.6 Å². The third kappa shape index (κ3) is 4.61.